The molecule has 0 radical (unpaired) electrons. The predicted octanol–water partition coefficient (Wildman–Crippen LogP) is -1.16. The minimum Gasteiger partial charge on any atom is -0.565 e. The minimum absolute atomic E-state index is 0. The second-order valence-electron chi connectivity index (χ2n) is 5.01. The van der Waals surface area contributed by atoms with Crippen molar-refractivity contribution in [1.29, 1.82) is 0 Å². The van der Waals surface area contributed by atoms with Crippen LogP contribution in [0.1, 0.15) is 0 Å². The Bertz CT molecular complexity index is 915. The molecule has 0 bridgehead atoms. The van der Waals surface area contributed by atoms with E-state index in [0.29, 0.717) is 22.1 Å². The SMILES string of the molecule is CS(=O)(=O)c1ccc(Nc2cc(Cl)ccc2OCC(=O)O)cc1.O=C([O-])O.[K+]. The smallest absolute Gasteiger partial charge is 0.565 e. The predicted molar refractivity (Wildman–Crippen MR) is 95.4 cm³/mol. The maximum atomic E-state index is 11.4. The molecular formula is C16H15ClKNO8S. The number of carboxylic acids is 1. The number of halogens is 1. The quantitative estimate of drug-likeness (QED) is 0.458. The van der Waals surface area contributed by atoms with E-state index < -0.39 is 28.6 Å². The van der Waals surface area contributed by atoms with Crippen molar-refractivity contribution >= 4 is 44.9 Å². The van der Waals surface area contributed by atoms with Crippen LogP contribution in [-0.4, -0.2) is 43.6 Å². The number of aliphatic carboxylic acids is 1. The number of benzene rings is 2. The van der Waals surface area contributed by atoms with Gasteiger partial charge in [0.1, 0.15) is 5.75 Å². The van der Waals surface area contributed by atoms with Gasteiger partial charge in [-0.15, -0.1) is 0 Å². The molecule has 146 valence electrons. The number of rotatable bonds is 6. The first-order chi connectivity index (χ1) is 12.5. The summed E-state index contributed by atoms with van der Waals surface area (Å²) in [5.74, 6) is -0.771. The topological polar surface area (TPSA) is 153 Å². The van der Waals surface area contributed by atoms with E-state index >= 15 is 0 Å². The first-order valence-electron chi connectivity index (χ1n) is 7.10. The van der Waals surface area contributed by atoms with E-state index in [1.54, 1.807) is 30.3 Å². The summed E-state index contributed by atoms with van der Waals surface area (Å²) >= 11 is 5.94. The number of hydrogen-bond acceptors (Lipinski definition) is 7. The summed E-state index contributed by atoms with van der Waals surface area (Å²) in [6.45, 7) is -0.483. The van der Waals surface area contributed by atoms with Crippen LogP contribution in [0.5, 0.6) is 5.75 Å². The van der Waals surface area contributed by atoms with Gasteiger partial charge in [-0.3, -0.25) is 0 Å². The van der Waals surface area contributed by atoms with Gasteiger partial charge in [0.2, 0.25) is 6.16 Å². The molecule has 12 heteroatoms. The van der Waals surface area contributed by atoms with Crippen molar-refractivity contribution in [2.75, 3.05) is 18.2 Å². The molecule has 0 saturated carbocycles. The molecule has 2 rings (SSSR count). The Hall–Kier alpha value is -1.34. The fourth-order valence-corrected chi connectivity index (χ4v) is 2.61. The van der Waals surface area contributed by atoms with E-state index in [1.807, 2.05) is 0 Å². The average Bonchev–Trinajstić information content (AvgIpc) is 2.53. The number of ether oxygens (including phenoxy) is 1. The molecule has 0 saturated heterocycles. The maximum Gasteiger partial charge on any atom is 1.00 e. The molecular weight excluding hydrogens is 441 g/mol. The third-order valence-corrected chi connectivity index (χ3v) is 4.22. The van der Waals surface area contributed by atoms with Crippen LogP contribution in [0.2, 0.25) is 5.02 Å². The zero-order valence-corrected chi connectivity index (χ0v) is 19.6. The van der Waals surface area contributed by atoms with Gasteiger partial charge >= 0.3 is 57.4 Å². The summed E-state index contributed by atoms with van der Waals surface area (Å²) in [5.41, 5.74) is 1.09. The second-order valence-corrected chi connectivity index (χ2v) is 7.46. The van der Waals surface area contributed by atoms with E-state index in [4.69, 9.17) is 36.5 Å². The van der Waals surface area contributed by atoms with Crippen molar-refractivity contribution in [3.63, 3.8) is 0 Å². The molecule has 3 N–H and O–H groups in total. The molecule has 0 fully saturated rings. The van der Waals surface area contributed by atoms with Crippen molar-refractivity contribution in [1.82, 2.24) is 0 Å². The Morgan fingerprint density at radius 1 is 1.14 bits per heavy atom. The Morgan fingerprint density at radius 2 is 1.68 bits per heavy atom. The fourth-order valence-electron chi connectivity index (χ4n) is 1.81. The summed E-state index contributed by atoms with van der Waals surface area (Å²) in [6.07, 6.45) is -0.954. The molecule has 0 atom stereocenters. The van der Waals surface area contributed by atoms with Crippen molar-refractivity contribution < 1.29 is 89.4 Å². The normalized spacial score (nSPS) is 9.93. The van der Waals surface area contributed by atoms with Gasteiger partial charge in [-0.05, 0) is 42.5 Å². The maximum absolute atomic E-state index is 11.4. The minimum atomic E-state index is -3.26. The molecule has 28 heavy (non-hydrogen) atoms. The van der Waals surface area contributed by atoms with Gasteiger partial charge in [-0.2, -0.15) is 0 Å². The van der Waals surface area contributed by atoms with Crippen LogP contribution in [0.3, 0.4) is 0 Å². The Balaban J connectivity index is 0.00000133. The number of anilines is 2. The number of sulfone groups is 1. The standard InChI is InChI=1S/C15H14ClNO5S.CH2O3.K/c1-23(20,21)12-5-3-11(4-6-12)17-13-8-10(16)2-7-14(13)22-9-15(18)19;2-1(3)4;/h2-8,17H,9H2,1H3,(H,18,19);(H2,2,3,4);/q;;+1/p-1. The van der Waals surface area contributed by atoms with E-state index in [1.165, 1.54) is 12.1 Å². The molecule has 0 aliphatic rings. The summed E-state index contributed by atoms with van der Waals surface area (Å²) in [5, 5.41) is 27.5. The number of carboxylic acid groups (broad SMARTS) is 3. The Kier molecular flexibility index (Phi) is 11.7. The van der Waals surface area contributed by atoms with E-state index in [2.05, 4.69) is 5.32 Å². The molecule has 0 aliphatic carbocycles. The molecule has 9 nitrogen and oxygen atoms in total. The van der Waals surface area contributed by atoms with Gasteiger partial charge in [-0.1, -0.05) is 11.6 Å². The van der Waals surface area contributed by atoms with Gasteiger partial charge in [0, 0.05) is 17.0 Å². The fraction of sp³-hybridized carbons (Fsp3) is 0.125. The first kappa shape index (κ1) is 26.7. The second kappa shape index (κ2) is 12.3. The van der Waals surface area contributed by atoms with Crippen LogP contribution in [0.4, 0.5) is 16.2 Å². The number of hydrogen-bond donors (Lipinski definition) is 3. The van der Waals surface area contributed by atoms with Crippen LogP contribution in [-0.2, 0) is 14.6 Å². The van der Waals surface area contributed by atoms with Crippen molar-refractivity contribution in [2.45, 2.75) is 4.90 Å². The molecule has 2 aromatic carbocycles. The number of nitrogens with one attached hydrogen (secondary N) is 1. The van der Waals surface area contributed by atoms with Crippen LogP contribution in [0.25, 0.3) is 0 Å². The third-order valence-electron chi connectivity index (χ3n) is 2.85. The Morgan fingerprint density at radius 3 is 2.14 bits per heavy atom. The van der Waals surface area contributed by atoms with Crippen LogP contribution < -0.4 is 66.5 Å². The molecule has 0 aliphatic heterocycles. The van der Waals surface area contributed by atoms with Gasteiger partial charge in [0.25, 0.3) is 0 Å². The van der Waals surface area contributed by atoms with E-state index in [9.17, 15) is 13.2 Å². The summed E-state index contributed by atoms with van der Waals surface area (Å²) < 4.78 is 28.1. The molecule has 0 heterocycles. The summed E-state index contributed by atoms with van der Waals surface area (Å²) in [4.78, 5) is 19.3. The summed E-state index contributed by atoms with van der Waals surface area (Å²) in [6, 6.07) is 10.9. The molecule has 0 unspecified atom stereocenters. The third kappa shape index (κ3) is 10.3. The van der Waals surface area contributed by atoms with E-state index in [-0.39, 0.29) is 56.3 Å². The number of carbonyl (C=O) groups is 2. The van der Waals surface area contributed by atoms with Gasteiger partial charge < -0.3 is 30.2 Å². The van der Waals surface area contributed by atoms with Crippen molar-refractivity contribution in [3.05, 3.63) is 47.5 Å². The zero-order valence-electron chi connectivity index (χ0n) is 14.9. The molecule has 0 amide bonds. The summed E-state index contributed by atoms with van der Waals surface area (Å²) in [7, 11) is -3.26. The van der Waals surface area contributed by atoms with Gasteiger partial charge in [0.05, 0.1) is 10.6 Å². The van der Waals surface area contributed by atoms with Crippen LogP contribution >= 0.6 is 11.6 Å². The van der Waals surface area contributed by atoms with Crippen molar-refractivity contribution in [2.24, 2.45) is 0 Å². The average molecular weight is 456 g/mol. The van der Waals surface area contributed by atoms with Crippen molar-refractivity contribution in [3.8, 4) is 5.75 Å². The Labute approximate surface area is 208 Å². The van der Waals surface area contributed by atoms with Gasteiger partial charge in [0.15, 0.2) is 16.4 Å². The molecule has 2 aromatic rings. The first-order valence-corrected chi connectivity index (χ1v) is 9.37. The monoisotopic (exact) mass is 455 g/mol. The largest absolute Gasteiger partial charge is 1.00 e. The van der Waals surface area contributed by atoms with Crippen LogP contribution in [0, 0.1) is 0 Å². The molecule has 0 aromatic heterocycles. The molecule has 0 spiro atoms. The van der Waals surface area contributed by atoms with Crippen LogP contribution in [0.15, 0.2) is 47.4 Å². The zero-order chi connectivity index (χ0) is 20.6. The van der Waals surface area contributed by atoms with E-state index in [0.717, 1.165) is 6.26 Å². The van der Waals surface area contributed by atoms with Gasteiger partial charge in [-0.25, -0.2) is 13.2 Å².